The highest BCUT2D eigenvalue weighted by molar-refractivity contribution is 5.85. The van der Waals surface area contributed by atoms with E-state index in [4.69, 9.17) is 4.74 Å². The monoisotopic (exact) mass is 316 g/mol. The number of amides is 1. The lowest BCUT2D eigenvalue weighted by atomic mass is 9.77. The van der Waals surface area contributed by atoms with Crippen LogP contribution in [0.4, 0.5) is 5.82 Å². The Morgan fingerprint density at radius 1 is 1.17 bits per heavy atom. The van der Waals surface area contributed by atoms with Gasteiger partial charge in [-0.2, -0.15) is 0 Å². The molecule has 23 heavy (non-hydrogen) atoms. The SMILES string of the molecule is O=C1N(C2CCOCC2)CCCC12CCN(c1cnccn1)C2. The van der Waals surface area contributed by atoms with Crippen molar-refractivity contribution >= 4 is 11.7 Å². The lowest BCUT2D eigenvalue weighted by Crippen LogP contribution is -2.54. The largest absolute Gasteiger partial charge is 0.381 e. The smallest absolute Gasteiger partial charge is 0.230 e. The number of aromatic nitrogens is 2. The van der Waals surface area contributed by atoms with E-state index in [0.717, 1.165) is 70.8 Å². The van der Waals surface area contributed by atoms with Gasteiger partial charge in [0.15, 0.2) is 0 Å². The molecule has 1 aromatic rings. The summed E-state index contributed by atoms with van der Waals surface area (Å²) in [7, 11) is 0. The van der Waals surface area contributed by atoms with Crippen molar-refractivity contribution in [1.82, 2.24) is 14.9 Å². The third-order valence-corrected chi connectivity index (χ3v) is 5.63. The van der Waals surface area contributed by atoms with Crippen molar-refractivity contribution in [1.29, 1.82) is 0 Å². The molecule has 1 amide bonds. The van der Waals surface area contributed by atoms with Crippen LogP contribution < -0.4 is 4.90 Å². The fraction of sp³-hybridized carbons (Fsp3) is 0.706. The van der Waals surface area contributed by atoms with E-state index >= 15 is 0 Å². The number of piperidine rings is 1. The van der Waals surface area contributed by atoms with E-state index in [1.807, 2.05) is 0 Å². The zero-order valence-corrected chi connectivity index (χ0v) is 13.5. The zero-order valence-electron chi connectivity index (χ0n) is 13.5. The summed E-state index contributed by atoms with van der Waals surface area (Å²) in [6, 6.07) is 0.374. The standard InChI is InChI=1S/C17H24N4O2/c22-16-17(4-1-8-21(16)14-2-10-23-11-3-14)5-9-20(13-17)15-12-18-6-7-19-15/h6-7,12,14H,1-5,8-11,13H2. The molecule has 3 aliphatic heterocycles. The molecule has 6 nitrogen and oxygen atoms in total. The lowest BCUT2D eigenvalue weighted by Gasteiger charge is -2.44. The molecule has 124 valence electrons. The Labute approximate surface area is 136 Å². The summed E-state index contributed by atoms with van der Waals surface area (Å²) in [5.41, 5.74) is -0.214. The van der Waals surface area contributed by atoms with E-state index in [0.29, 0.717) is 11.9 Å². The van der Waals surface area contributed by atoms with Crippen molar-refractivity contribution in [3.63, 3.8) is 0 Å². The maximum absolute atomic E-state index is 13.2. The molecular weight excluding hydrogens is 292 g/mol. The van der Waals surface area contributed by atoms with Crippen LogP contribution in [0.2, 0.25) is 0 Å². The second kappa shape index (κ2) is 6.07. The minimum absolute atomic E-state index is 0.214. The Morgan fingerprint density at radius 3 is 2.83 bits per heavy atom. The second-order valence-electron chi connectivity index (χ2n) is 6.96. The Hall–Kier alpha value is -1.69. The number of carbonyl (C=O) groups is 1. The normalized spacial score (nSPS) is 29.5. The molecule has 3 saturated heterocycles. The van der Waals surface area contributed by atoms with Crippen LogP contribution in [-0.4, -0.2) is 59.7 Å². The average molecular weight is 316 g/mol. The molecule has 0 radical (unpaired) electrons. The van der Waals surface area contributed by atoms with Crippen LogP contribution in [0.5, 0.6) is 0 Å². The summed E-state index contributed by atoms with van der Waals surface area (Å²) in [6.07, 6.45) is 10.2. The molecule has 6 heteroatoms. The van der Waals surface area contributed by atoms with Gasteiger partial charge in [0.25, 0.3) is 0 Å². The maximum Gasteiger partial charge on any atom is 0.230 e. The molecule has 1 unspecified atom stereocenters. The first kappa shape index (κ1) is 14.9. The summed E-state index contributed by atoms with van der Waals surface area (Å²) >= 11 is 0. The first-order chi connectivity index (χ1) is 11.3. The number of hydrogen-bond donors (Lipinski definition) is 0. The molecule has 0 N–H and O–H groups in total. The van der Waals surface area contributed by atoms with Gasteiger partial charge in [0, 0.05) is 51.3 Å². The number of hydrogen-bond acceptors (Lipinski definition) is 5. The van der Waals surface area contributed by atoms with Gasteiger partial charge in [0.05, 0.1) is 11.6 Å². The molecule has 0 saturated carbocycles. The maximum atomic E-state index is 13.2. The van der Waals surface area contributed by atoms with Crippen LogP contribution >= 0.6 is 0 Å². The summed E-state index contributed by atoms with van der Waals surface area (Å²) < 4.78 is 5.46. The fourth-order valence-corrected chi connectivity index (χ4v) is 4.35. The first-order valence-corrected chi connectivity index (χ1v) is 8.68. The minimum Gasteiger partial charge on any atom is -0.381 e. The van der Waals surface area contributed by atoms with Crippen LogP contribution in [-0.2, 0) is 9.53 Å². The van der Waals surface area contributed by atoms with Crippen molar-refractivity contribution in [2.24, 2.45) is 5.41 Å². The summed E-state index contributed by atoms with van der Waals surface area (Å²) in [5, 5.41) is 0. The molecule has 1 atom stereocenters. The Kier molecular flexibility index (Phi) is 3.93. The average Bonchev–Trinajstić information content (AvgIpc) is 3.04. The summed E-state index contributed by atoms with van der Waals surface area (Å²) in [4.78, 5) is 26.2. The highest BCUT2D eigenvalue weighted by Crippen LogP contribution is 2.42. The molecule has 4 rings (SSSR count). The van der Waals surface area contributed by atoms with Gasteiger partial charge >= 0.3 is 0 Å². The van der Waals surface area contributed by atoms with Crippen LogP contribution in [0.1, 0.15) is 32.1 Å². The van der Waals surface area contributed by atoms with E-state index in [9.17, 15) is 4.79 Å². The quantitative estimate of drug-likeness (QED) is 0.827. The molecular formula is C17H24N4O2. The highest BCUT2D eigenvalue weighted by atomic mass is 16.5. The van der Waals surface area contributed by atoms with Crippen LogP contribution in [0.25, 0.3) is 0 Å². The summed E-state index contributed by atoms with van der Waals surface area (Å²) in [6.45, 7) is 4.16. The predicted octanol–water partition coefficient (Wildman–Crippen LogP) is 1.47. The van der Waals surface area contributed by atoms with Crippen LogP contribution in [0.3, 0.4) is 0 Å². The number of anilines is 1. The third-order valence-electron chi connectivity index (χ3n) is 5.63. The van der Waals surface area contributed by atoms with Crippen molar-refractivity contribution in [3.8, 4) is 0 Å². The molecule has 0 aromatic carbocycles. The van der Waals surface area contributed by atoms with E-state index in [2.05, 4.69) is 19.8 Å². The first-order valence-electron chi connectivity index (χ1n) is 8.68. The molecule has 0 bridgehead atoms. The third kappa shape index (κ3) is 2.69. The second-order valence-corrected chi connectivity index (χ2v) is 6.96. The summed E-state index contributed by atoms with van der Waals surface area (Å²) in [5.74, 6) is 1.25. The zero-order chi connectivity index (χ0) is 15.7. The highest BCUT2D eigenvalue weighted by Gasteiger charge is 2.49. The van der Waals surface area contributed by atoms with Crippen molar-refractivity contribution < 1.29 is 9.53 Å². The number of nitrogens with zero attached hydrogens (tertiary/aromatic N) is 4. The lowest BCUT2D eigenvalue weighted by molar-refractivity contribution is -0.149. The van der Waals surface area contributed by atoms with Gasteiger partial charge in [-0.05, 0) is 32.1 Å². The predicted molar refractivity (Wildman–Crippen MR) is 86.1 cm³/mol. The van der Waals surface area contributed by atoms with Gasteiger partial charge in [0.2, 0.25) is 5.91 Å². The van der Waals surface area contributed by atoms with Crippen molar-refractivity contribution in [2.75, 3.05) is 37.7 Å². The van der Waals surface area contributed by atoms with Gasteiger partial charge < -0.3 is 14.5 Å². The van der Waals surface area contributed by atoms with Gasteiger partial charge in [-0.15, -0.1) is 0 Å². The Balaban J connectivity index is 1.50. The number of carbonyl (C=O) groups excluding carboxylic acids is 1. The van der Waals surface area contributed by atoms with Gasteiger partial charge in [0.1, 0.15) is 5.82 Å². The topological polar surface area (TPSA) is 58.6 Å². The Bertz CT molecular complexity index is 561. The van der Waals surface area contributed by atoms with E-state index in [1.165, 1.54) is 0 Å². The van der Waals surface area contributed by atoms with Crippen LogP contribution in [0, 0.1) is 5.41 Å². The van der Waals surface area contributed by atoms with Crippen LogP contribution in [0.15, 0.2) is 18.6 Å². The molecule has 0 aliphatic carbocycles. The molecule has 1 spiro atoms. The number of ether oxygens (including phenoxy) is 1. The van der Waals surface area contributed by atoms with Gasteiger partial charge in [-0.3, -0.25) is 9.78 Å². The number of likely N-dealkylation sites (tertiary alicyclic amines) is 1. The van der Waals surface area contributed by atoms with Crippen molar-refractivity contribution in [2.45, 2.75) is 38.1 Å². The fourth-order valence-electron chi connectivity index (χ4n) is 4.35. The molecule has 3 aliphatic rings. The molecule has 3 fully saturated rings. The minimum atomic E-state index is -0.214. The Morgan fingerprint density at radius 2 is 2.04 bits per heavy atom. The van der Waals surface area contributed by atoms with E-state index in [1.54, 1.807) is 18.6 Å². The molecule has 1 aromatic heterocycles. The van der Waals surface area contributed by atoms with Crippen molar-refractivity contribution in [3.05, 3.63) is 18.6 Å². The van der Waals surface area contributed by atoms with E-state index in [-0.39, 0.29) is 5.41 Å². The van der Waals surface area contributed by atoms with Gasteiger partial charge in [-0.25, -0.2) is 4.98 Å². The van der Waals surface area contributed by atoms with E-state index < -0.39 is 0 Å². The van der Waals surface area contributed by atoms with Gasteiger partial charge in [-0.1, -0.05) is 0 Å². The molecule has 4 heterocycles. The number of rotatable bonds is 2.